The molecule has 44 heavy (non-hydrogen) atoms. The molecule has 5 aromatic rings. The lowest BCUT2D eigenvalue weighted by Crippen LogP contribution is -2.30. The van der Waals surface area contributed by atoms with Crippen LogP contribution in [0.15, 0.2) is 126 Å². The van der Waals surface area contributed by atoms with Gasteiger partial charge in [-0.3, -0.25) is 14.4 Å². The van der Waals surface area contributed by atoms with E-state index in [2.05, 4.69) is 16.0 Å². The largest absolute Gasteiger partial charge is 0.325 e. The lowest BCUT2D eigenvalue weighted by atomic mass is 10.1. The Kier molecular flexibility index (Phi) is 10.0. The van der Waals surface area contributed by atoms with Crippen molar-refractivity contribution in [3.63, 3.8) is 0 Å². The van der Waals surface area contributed by atoms with Gasteiger partial charge in [0, 0.05) is 21.8 Å². The molecule has 9 heteroatoms. The number of benzene rings is 5. The molecule has 0 saturated carbocycles. The van der Waals surface area contributed by atoms with Crippen LogP contribution in [0.25, 0.3) is 16.8 Å². The monoisotopic (exact) mass is 639 g/mol. The summed E-state index contributed by atoms with van der Waals surface area (Å²) in [5.41, 5.74) is 2.09. The van der Waals surface area contributed by atoms with Crippen molar-refractivity contribution in [2.45, 2.75) is 17.1 Å². The molecule has 0 aromatic heterocycles. The molecule has 0 aliphatic heterocycles. The summed E-state index contributed by atoms with van der Waals surface area (Å²) in [6, 6.07) is 34.5. The molecule has 3 amide bonds. The fourth-order valence-corrected chi connectivity index (χ4v) is 5.54. The minimum atomic E-state index is -0.547. The Balaban J connectivity index is 1.25. The maximum absolute atomic E-state index is 13.4. The molecule has 0 heterocycles. The molecule has 0 aliphatic rings. The second-order valence-corrected chi connectivity index (χ2v) is 12.0. The molecule has 0 spiro atoms. The molecule has 0 radical (unpaired) electrons. The molecular weight excluding hydrogens is 613 g/mol. The molecule has 5 aromatic carbocycles. The van der Waals surface area contributed by atoms with Crippen LogP contribution in [0, 0.1) is 0 Å². The number of nitrogens with one attached hydrogen (secondary N) is 3. The summed E-state index contributed by atoms with van der Waals surface area (Å²) in [6.07, 6.45) is 1.48. The van der Waals surface area contributed by atoms with Gasteiger partial charge in [-0.25, -0.2) is 0 Å². The van der Waals surface area contributed by atoms with Crippen LogP contribution in [-0.2, 0) is 9.59 Å². The molecule has 0 aliphatic carbocycles. The van der Waals surface area contributed by atoms with E-state index in [9.17, 15) is 14.4 Å². The normalized spacial score (nSPS) is 11.9. The zero-order valence-corrected chi connectivity index (χ0v) is 25.8. The summed E-state index contributed by atoms with van der Waals surface area (Å²) < 4.78 is 0. The van der Waals surface area contributed by atoms with E-state index < -0.39 is 11.8 Å². The van der Waals surface area contributed by atoms with Crippen LogP contribution < -0.4 is 16.0 Å². The SMILES string of the molecule is CC(Sc1ccc(NC(=O)/C(=C/c2cccc(Cl)c2Cl)NC(=O)c2ccccc2)cc1)C(=O)Nc1ccc2ccccc2c1. The average Bonchev–Trinajstić information content (AvgIpc) is 3.04. The Labute approximate surface area is 269 Å². The van der Waals surface area contributed by atoms with Gasteiger partial charge in [-0.2, -0.15) is 0 Å². The second-order valence-electron chi connectivity index (χ2n) is 9.81. The first-order valence-corrected chi connectivity index (χ1v) is 15.3. The van der Waals surface area contributed by atoms with Gasteiger partial charge in [0.1, 0.15) is 5.70 Å². The molecule has 5 rings (SSSR count). The van der Waals surface area contributed by atoms with E-state index in [1.807, 2.05) is 61.5 Å². The number of halogens is 2. The lowest BCUT2D eigenvalue weighted by molar-refractivity contribution is -0.115. The van der Waals surface area contributed by atoms with Gasteiger partial charge in [-0.05, 0) is 83.9 Å². The van der Waals surface area contributed by atoms with E-state index in [-0.39, 0.29) is 21.9 Å². The summed E-state index contributed by atoms with van der Waals surface area (Å²) in [7, 11) is 0. The van der Waals surface area contributed by atoms with Gasteiger partial charge in [0.25, 0.3) is 11.8 Å². The van der Waals surface area contributed by atoms with Gasteiger partial charge in [0.15, 0.2) is 0 Å². The summed E-state index contributed by atoms with van der Waals surface area (Å²) in [5, 5.41) is 10.9. The molecule has 0 saturated heterocycles. The van der Waals surface area contributed by atoms with E-state index >= 15 is 0 Å². The van der Waals surface area contributed by atoms with Crippen molar-refractivity contribution in [3.05, 3.63) is 142 Å². The van der Waals surface area contributed by atoms with Gasteiger partial charge in [-0.1, -0.05) is 83.9 Å². The van der Waals surface area contributed by atoms with Crippen LogP contribution in [0.5, 0.6) is 0 Å². The predicted molar refractivity (Wildman–Crippen MR) is 181 cm³/mol. The first-order valence-electron chi connectivity index (χ1n) is 13.7. The number of hydrogen-bond donors (Lipinski definition) is 3. The van der Waals surface area contributed by atoms with Crippen molar-refractivity contribution in [1.29, 1.82) is 0 Å². The number of amides is 3. The van der Waals surface area contributed by atoms with Crippen LogP contribution >= 0.6 is 35.0 Å². The van der Waals surface area contributed by atoms with Crippen molar-refractivity contribution in [2.75, 3.05) is 10.6 Å². The Morgan fingerprint density at radius 1 is 0.727 bits per heavy atom. The third kappa shape index (κ3) is 7.88. The second kappa shape index (κ2) is 14.3. The summed E-state index contributed by atoms with van der Waals surface area (Å²) in [5.74, 6) is -1.12. The fraction of sp³-hybridized carbons (Fsp3) is 0.0571. The van der Waals surface area contributed by atoms with Gasteiger partial charge in [0.2, 0.25) is 5.91 Å². The molecule has 1 unspecified atom stereocenters. The quantitative estimate of drug-likeness (QED) is 0.111. The molecule has 0 fully saturated rings. The number of thioether (sulfide) groups is 1. The highest BCUT2D eigenvalue weighted by Crippen LogP contribution is 2.28. The zero-order chi connectivity index (χ0) is 31.1. The Hall–Kier alpha value is -4.56. The van der Waals surface area contributed by atoms with Gasteiger partial charge < -0.3 is 16.0 Å². The van der Waals surface area contributed by atoms with E-state index in [0.29, 0.717) is 21.8 Å². The maximum atomic E-state index is 13.4. The summed E-state index contributed by atoms with van der Waals surface area (Å²) in [6.45, 7) is 1.84. The molecular formula is C35H27Cl2N3O3S. The highest BCUT2D eigenvalue weighted by atomic mass is 35.5. The smallest absolute Gasteiger partial charge is 0.272 e. The van der Waals surface area contributed by atoms with Crippen LogP contribution in [0.3, 0.4) is 0 Å². The average molecular weight is 641 g/mol. The number of anilines is 2. The van der Waals surface area contributed by atoms with Crippen molar-refractivity contribution < 1.29 is 14.4 Å². The van der Waals surface area contributed by atoms with E-state index in [0.717, 1.165) is 21.4 Å². The molecule has 3 N–H and O–H groups in total. The summed E-state index contributed by atoms with van der Waals surface area (Å²) in [4.78, 5) is 40.0. The third-order valence-corrected chi connectivity index (χ3v) is 8.57. The molecule has 0 bridgehead atoms. The Morgan fingerprint density at radius 3 is 2.16 bits per heavy atom. The van der Waals surface area contributed by atoms with Gasteiger partial charge in [0.05, 0.1) is 15.3 Å². The minimum absolute atomic E-state index is 0.0135. The number of carbonyl (C=O) groups is 3. The standard InChI is InChI=1S/C35H27Cl2N3O3S/c1-22(33(41)39-28-15-14-23-8-5-6-11-25(23)20-28)44-29-18-16-27(17-19-29)38-35(43)31(21-26-12-7-13-30(36)32(26)37)40-34(42)24-9-3-2-4-10-24/h2-22H,1H3,(H,38,43)(H,39,41)(H,40,42)/b31-21-. The van der Waals surface area contributed by atoms with Crippen LogP contribution in [0.2, 0.25) is 10.0 Å². The van der Waals surface area contributed by atoms with Gasteiger partial charge >= 0.3 is 0 Å². The maximum Gasteiger partial charge on any atom is 0.272 e. The Morgan fingerprint density at radius 2 is 1.41 bits per heavy atom. The lowest BCUT2D eigenvalue weighted by Gasteiger charge is -2.14. The third-order valence-electron chi connectivity index (χ3n) is 6.62. The van der Waals surface area contributed by atoms with Crippen LogP contribution in [0.1, 0.15) is 22.8 Å². The van der Waals surface area contributed by atoms with E-state index in [1.165, 1.54) is 17.8 Å². The minimum Gasteiger partial charge on any atom is -0.325 e. The molecule has 220 valence electrons. The first kappa shape index (κ1) is 30.9. The van der Waals surface area contributed by atoms with Crippen LogP contribution in [-0.4, -0.2) is 23.0 Å². The van der Waals surface area contributed by atoms with E-state index in [1.54, 1.807) is 60.7 Å². The van der Waals surface area contributed by atoms with Crippen molar-refractivity contribution in [1.82, 2.24) is 5.32 Å². The van der Waals surface area contributed by atoms with Crippen molar-refractivity contribution in [3.8, 4) is 0 Å². The fourth-order valence-electron chi connectivity index (χ4n) is 4.31. The van der Waals surface area contributed by atoms with Gasteiger partial charge in [-0.15, -0.1) is 11.8 Å². The number of fused-ring (bicyclic) bond motifs is 1. The Bertz CT molecular complexity index is 1860. The zero-order valence-electron chi connectivity index (χ0n) is 23.5. The van der Waals surface area contributed by atoms with E-state index in [4.69, 9.17) is 23.2 Å². The topological polar surface area (TPSA) is 87.3 Å². The van der Waals surface area contributed by atoms with Crippen molar-refractivity contribution in [2.24, 2.45) is 0 Å². The first-order chi connectivity index (χ1) is 21.3. The molecule has 1 atom stereocenters. The van der Waals surface area contributed by atoms with Crippen LogP contribution in [0.4, 0.5) is 11.4 Å². The number of rotatable bonds is 9. The summed E-state index contributed by atoms with van der Waals surface area (Å²) >= 11 is 13.9. The number of carbonyl (C=O) groups excluding carboxylic acids is 3. The highest BCUT2D eigenvalue weighted by molar-refractivity contribution is 8.00. The number of hydrogen-bond acceptors (Lipinski definition) is 4. The molecule has 6 nitrogen and oxygen atoms in total. The van der Waals surface area contributed by atoms with Crippen molar-refractivity contribution >= 4 is 80.9 Å². The highest BCUT2D eigenvalue weighted by Gasteiger charge is 2.18. The predicted octanol–water partition coefficient (Wildman–Crippen LogP) is 8.68.